The van der Waals surface area contributed by atoms with Gasteiger partial charge in [0.15, 0.2) is 5.82 Å². The number of aromatic nitrogens is 2. The summed E-state index contributed by atoms with van der Waals surface area (Å²) in [5, 5.41) is 6.97. The summed E-state index contributed by atoms with van der Waals surface area (Å²) in [6.45, 7) is 2.46. The number of nitrogens with one attached hydrogen (secondary N) is 1. The minimum absolute atomic E-state index is 0.0722. The second kappa shape index (κ2) is 7.64. The molecule has 2 amide bonds. The van der Waals surface area contributed by atoms with Crippen LogP contribution in [0.4, 0.5) is 5.82 Å². The zero-order valence-corrected chi connectivity index (χ0v) is 12.3. The molecule has 0 aliphatic heterocycles. The van der Waals surface area contributed by atoms with Crippen LogP contribution in [0.2, 0.25) is 0 Å². The maximum Gasteiger partial charge on any atom is 0.242 e. The third-order valence-electron chi connectivity index (χ3n) is 2.97. The molecule has 1 atom stereocenters. The van der Waals surface area contributed by atoms with Crippen LogP contribution < -0.4 is 11.1 Å². The lowest BCUT2D eigenvalue weighted by Gasteiger charge is -2.22. The molecule has 0 radical (unpaired) electrons. The monoisotopic (exact) mass is 281 g/mol. The molecule has 20 heavy (non-hydrogen) atoms. The van der Waals surface area contributed by atoms with Crippen LogP contribution in [0.15, 0.2) is 12.3 Å². The number of hydrogen-bond donors (Lipinski definition) is 2. The molecule has 1 rings (SSSR count). The average molecular weight is 281 g/mol. The van der Waals surface area contributed by atoms with Gasteiger partial charge in [-0.2, -0.15) is 5.10 Å². The van der Waals surface area contributed by atoms with E-state index in [0.717, 1.165) is 12.8 Å². The third-order valence-corrected chi connectivity index (χ3v) is 2.97. The lowest BCUT2D eigenvalue weighted by molar-refractivity contribution is -0.121. The van der Waals surface area contributed by atoms with Crippen LogP contribution >= 0.6 is 0 Å². The first-order chi connectivity index (χ1) is 9.43. The van der Waals surface area contributed by atoms with E-state index in [1.807, 2.05) is 25.9 Å². The summed E-state index contributed by atoms with van der Waals surface area (Å²) in [7, 11) is 3.76. The number of anilines is 1. The zero-order chi connectivity index (χ0) is 15.1. The van der Waals surface area contributed by atoms with Crippen LogP contribution in [0.25, 0.3) is 0 Å². The van der Waals surface area contributed by atoms with Crippen molar-refractivity contribution in [3.05, 3.63) is 12.3 Å². The lowest BCUT2D eigenvalue weighted by Crippen LogP contribution is -2.39. The number of likely N-dealkylation sites (N-methyl/N-ethyl adjacent to an activating group) is 1. The van der Waals surface area contributed by atoms with Crippen LogP contribution in [-0.2, 0) is 16.1 Å². The van der Waals surface area contributed by atoms with Crippen LogP contribution in [0.5, 0.6) is 0 Å². The van der Waals surface area contributed by atoms with Crippen LogP contribution in [0.1, 0.15) is 26.2 Å². The zero-order valence-electron chi connectivity index (χ0n) is 12.3. The molecule has 112 valence electrons. The standard InChI is InChI=1S/C13H23N5O2/c1-4-5-10(17(2)3)13(20)15-12-7-9-18(16-12)8-6-11(14)19/h7,9-10H,4-6,8H2,1-3H3,(H2,14,19)(H,15,16,20). The van der Waals surface area contributed by atoms with E-state index < -0.39 is 0 Å². The van der Waals surface area contributed by atoms with E-state index in [2.05, 4.69) is 10.4 Å². The molecule has 0 aliphatic carbocycles. The first-order valence-electron chi connectivity index (χ1n) is 6.73. The molecule has 0 spiro atoms. The molecule has 0 saturated heterocycles. The number of carbonyl (C=O) groups is 2. The summed E-state index contributed by atoms with van der Waals surface area (Å²) < 4.78 is 1.59. The van der Waals surface area contributed by atoms with Crippen molar-refractivity contribution in [3.63, 3.8) is 0 Å². The van der Waals surface area contributed by atoms with Crippen molar-refractivity contribution >= 4 is 17.6 Å². The number of amides is 2. The predicted octanol–water partition coefficient (Wildman–Crippen LogP) is 0.427. The molecule has 1 aromatic heterocycles. The van der Waals surface area contributed by atoms with Gasteiger partial charge >= 0.3 is 0 Å². The van der Waals surface area contributed by atoms with Crippen molar-refractivity contribution < 1.29 is 9.59 Å². The highest BCUT2D eigenvalue weighted by molar-refractivity contribution is 5.93. The highest BCUT2D eigenvalue weighted by atomic mass is 16.2. The van der Waals surface area contributed by atoms with E-state index >= 15 is 0 Å². The molecule has 7 nitrogen and oxygen atoms in total. The van der Waals surface area contributed by atoms with Crippen molar-refractivity contribution in [3.8, 4) is 0 Å². The van der Waals surface area contributed by atoms with Gasteiger partial charge in [0, 0.05) is 25.2 Å². The number of primary amides is 1. The quantitative estimate of drug-likeness (QED) is 0.722. The lowest BCUT2D eigenvalue weighted by atomic mass is 10.1. The molecule has 0 saturated carbocycles. The Labute approximate surface area is 119 Å². The highest BCUT2D eigenvalue weighted by Crippen LogP contribution is 2.08. The fourth-order valence-electron chi connectivity index (χ4n) is 1.88. The van der Waals surface area contributed by atoms with E-state index in [1.54, 1.807) is 16.9 Å². The Morgan fingerprint density at radius 2 is 2.20 bits per heavy atom. The Morgan fingerprint density at radius 1 is 1.50 bits per heavy atom. The molecule has 7 heteroatoms. The Morgan fingerprint density at radius 3 is 2.75 bits per heavy atom. The maximum absolute atomic E-state index is 12.1. The van der Waals surface area contributed by atoms with Crippen molar-refractivity contribution in [1.82, 2.24) is 14.7 Å². The first kappa shape index (κ1) is 16.2. The van der Waals surface area contributed by atoms with Crippen molar-refractivity contribution in [2.24, 2.45) is 5.73 Å². The van der Waals surface area contributed by atoms with Gasteiger partial charge in [0.2, 0.25) is 11.8 Å². The van der Waals surface area contributed by atoms with E-state index in [0.29, 0.717) is 12.4 Å². The van der Waals surface area contributed by atoms with Gasteiger partial charge in [-0.05, 0) is 20.5 Å². The summed E-state index contributed by atoms with van der Waals surface area (Å²) in [6.07, 6.45) is 3.67. The van der Waals surface area contributed by atoms with Gasteiger partial charge in [0.05, 0.1) is 6.04 Å². The molecule has 0 bridgehead atoms. The SMILES string of the molecule is CCCC(C(=O)Nc1ccn(CCC(N)=O)n1)N(C)C. The minimum Gasteiger partial charge on any atom is -0.370 e. The minimum atomic E-state index is -0.373. The number of nitrogens with two attached hydrogens (primary N) is 1. The number of hydrogen-bond acceptors (Lipinski definition) is 4. The Balaban J connectivity index is 2.59. The Hall–Kier alpha value is -1.89. The normalized spacial score (nSPS) is 12.4. The average Bonchev–Trinajstić information content (AvgIpc) is 2.80. The van der Waals surface area contributed by atoms with Crippen molar-refractivity contribution in [2.45, 2.75) is 38.8 Å². The topological polar surface area (TPSA) is 93.2 Å². The number of nitrogens with zero attached hydrogens (tertiary/aromatic N) is 3. The molecule has 0 aliphatic rings. The molecule has 0 aromatic carbocycles. The van der Waals surface area contributed by atoms with Crippen molar-refractivity contribution in [1.29, 1.82) is 0 Å². The summed E-state index contributed by atoms with van der Waals surface area (Å²) in [4.78, 5) is 24.7. The molecule has 0 fully saturated rings. The highest BCUT2D eigenvalue weighted by Gasteiger charge is 2.20. The Kier molecular flexibility index (Phi) is 6.17. The van der Waals surface area contributed by atoms with Crippen molar-refractivity contribution in [2.75, 3.05) is 19.4 Å². The van der Waals surface area contributed by atoms with Crippen LogP contribution in [0, 0.1) is 0 Å². The van der Waals surface area contributed by atoms with Gasteiger partial charge in [-0.3, -0.25) is 19.2 Å². The molecule has 1 aromatic rings. The fraction of sp³-hybridized carbons (Fsp3) is 0.615. The van der Waals surface area contributed by atoms with Gasteiger partial charge < -0.3 is 11.1 Å². The van der Waals surface area contributed by atoms with Gasteiger partial charge in [0.1, 0.15) is 0 Å². The fourth-order valence-corrected chi connectivity index (χ4v) is 1.88. The summed E-state index contributed by atoms with van der Waals surface area (Å²) in [5.74, 6) is 0.0427. The smallest absolute Gasteiger partial charge is 0.242 e. The third kappa shape index (κ3) is 5.00. The Bertz CT molecular complexity index is 455. The van der Waals surface area contributed by atoms with Crippen LogP contribution in [0.3, 0.4) is 0 Å². The van der Waals surface area contributed by atoms with Gasteiger partial charge in [-0.1, -0.05) is 13.3 Å². The van der Waals surface area contributed by atoms with E-state index in [-0.39, 0.29) is 24.3 Å². The van der Waals surface area contributed by atoms with Crippen LogP contribution in [-0.4, -0.2) is 46.6 Å². The number of carbonyl (C=O) groups excluding carboxylic acids is 2. The molecule has 1 unspecified atom stereocenters. The predicted molar refractivity (Wildman–Crippen MR) is 77.1 cm³/mol. The largest absolute Gasteiger partial charge is 0.370 e. The van der Waals surface area contributed by atoms with Gasteiger partial charge in [-0.25, -0.2) is 0 Å². The van der Waals surface area contributed by atoms with E-state index in [4.69, 9.17) is 5.73 Å². The molecule has 3 N–H and O–H groups in total. The van der Waals surface area contributed by atoms with Gasteiger partial charge in [-0.15, -0.1) is 0 Å². The summed E-state index contributed by atoms with van der Waals surface area (Å²) in [6, 6.07) is 1.54. The number of rotatable bonds is 8. The maximum atomic E-state index is 12.1. The first-order valence-corrected chi connectivity index (χ1v) is 6.73. The summed E-state index contributed by atoms with van der Waals surface area (Å²) >= 11 is 0. The van der Waals surface area contributed by atoms with Gasteiger partial charge in [0.25, 0.3) is 0 Å². The van der Waals surface area contributed by atoms with E-state index in [9.17, 15) is 9.59 Å². The molecular formula is C13H23N5O2. The molecule has 1 heterocycles. The number of aryl methyl sites for hydroxylation is 1. The molecular weight excluding hydrogens is 258 g/mol. The summed E-state index contributed by atoms with van der Waals surface area (Å²) in [5.41, 5.74) is 5.08. The second-order valence-electron chi connectivity index (χ2n) is 4.94. The second-order valence-corrected chi connectivity index (χ2v) is 4.94. The van der Waals surface area contributed by atoms with E-state index in [1.165, 1.54) is 0 Å².